The number of hydrazone groups is 1. The number of sulfonamides is 1. The van der Waals surface area contributed by atoms with Gasteiger partial charge in [-0.2, -0.15) is 31.1 Å². The van der Waals surface area contributed by atoms with Crippen LogP contribution >= 0.6 is 0 Å². The molecule has 0 fully saturated rings. The molecule has 1 unspecified atom stereocenters. The molecular weight excluding hydrogens is 441 g/mol. The highest BCUT2D eigenvalue weighted by Crippen LogP contribution is 2.34. The molecule has 1 atom stereocenters. The Kier molecular flexibility index (Phi) is 5.68. The monoisotopic (exact) mass is 460 g/mol. The van der Waals surface area contributed by atoms with Crippen LogP contribution in [-0.4, -0.2) is 32.2 Å². The fraction of sp³-hybridized carbons (Fsp3) is 0.174. The molecule has 4 rings (SSSR count). The molecule has 0 saturated carbocycles. The first-order chi connectivity index (χ1) is 15.2. The summed E-state index contributed by atoms with van der Waals surface area (Å²) in [6, 6.07) is 19.9. The van der Waals surface area contributed by atoms with Crippen LogP contribution in [0, 0.1) is 0 Å². The van der Waals surface area contributed by atoms with Crippen LogP contribution in [0.2, 0.25) is 0 Å². The molecule has 1 heterocycles. The van der Waals surface area contributed by atoms with Gasteiger partial charge in [0, 0.05) is 5.92 Å². The highest BCUT2D eigenvalue weighted by Gasteiger charge is 2.37. The molecule has 0 aliphatic carbocycles. The summed E-state index contributed by atoms with van der Waals surface area (Å²) >= 11 is 0. The standard InChI is InChI=1S/C23H19F3N2O3S/c1-31-19-11-7-17(8-12-19)22-21(16-5-3-2-4-6-16)15-28(27-22)32(29,30)20-13-9-18(10-14-20)23(24,25)26/h2-14,21H,15H2,1H3. The van der Waals surface area contributed by atoms with E-state index in [4.69, 9.17) is 4.74 Å². The number of nitrogens with zero attached hydrogens (tertiary/aromatic N) is 2. The Morgan fingerprint density at radius 2 is 1.56 bits per heavy atom. The van der Waals surface area contributed by atoms with Gasteiger partial charge >= 0.3 is 6.18 Å². The molecule has 0 N–H and O–H groups in total. The molecule has 3 aromatic rings. The summed E-state index contributed by atoms with van der Waals surface area (Å²) in [7, 11) is -2.59. The van der Waals surface area contributed by atoms with Gasteiger partial charge in [-0.05, 0) is 59.7 Å². The van der Waals surface area contributed by atoms with Crippen molar-refractivity contribution in [2.45, 2.75) is 17.0 Å². The van der Waals surface area contributed by atoms with E-state index in [1.807, 2.05) is 30.3 Å². The normalized spacial score (nSPS) is 16.7. The van der Waals surface area contributed by atoms with Crippen molar-refractivity contribution in [3.05, 3.63) is 95.6 Å². The number of methoxy groups -OCH3 is 1. The molecule has 0 bridgehead atoms. The van der Waals surface area contributed by atoms with E-state index in [9.17, 15) is 21.6 Å². The number of rotatable bonds is 5. The second-order valence-corrected chi connectivity index (χ2v) is 9.05. The number of halogens is 3. The van der Waals surface area contributed by atoms with Crippen LogP contribution in [0.15, 0.2) is 88.9 Å². The van der Waals surface area contributed by atoms with Gasteiger partial charge in [-0.15, -0.1) is 0 Å². The lowest BCUT2D eigenvalue weighted by Gasteiger charge is -2.17. The number of alkyl halides is 3. The molecule has 9 heteroatoms. The largest absolute Gasteiger partial charge is 0.497 e. The lowest BCUT2D eigenvalue weighted by atomic mass is 9.91. The van der Waals surface area contributed by atoms with Crippen molar-refractivity contribution in [3.63, 3.8) is 0 Å². The van der Waals surface area contributed by atoms with Gasteiger partial charge in [-0.25, -0.2) is 0 Å². The molecule has 1 aliphatic rings. The van der Waals surface area contributed by atoms with Crippen LogP contribution in [0.4, 0.5) is 13.2 Å². The molecule has 0 aromatic heterocycles. The van der Waals surface area contributed by atoms with Gasteiger partial charge < -0.3 is 4.74 Å². The minimum atomic E-state index is -4.55. The quantitative estimate of drug-likeness (QED) is 0.544. The first kappa shape index (κ1) is 21.9. The van der Waals surface area contributed by atoms with E-state index in [0.29, 0.717) is 11.5 Å². The van der Waals surface area contributed by atoms with E-state index in [-0.39, 0.29) is 17.4 Å². The van der Waals surface area contributed by atoms with E-state index >= 15 is 0 Å². The zero-order chi connectivity index (χ0) is 22.9. The van der Waals surface area contributed by atoms with Crippen molar-refractivity contribution in [2.24, 2.45) is 5.10 Å². The van der Waals surface area contributed by atoms with Gasteiger partial charge in [0.1, 0.15) is 5.75 Å². The summed E-state index contributed by atoms with van der Waals surface area (Å²) in [4.78, 5) is -0.253. The smallest absolute Gasteiger partial charge is 0.416 e. The summed E-state index contributed by atoms with van der Waals surface area (Å²) in [6.45, 7) is 0.0364. The predicted octanol–water partition coefficient (Wildman–Crippen LogP) is 4.91. The summed E-state index contributed by atoms with van der Waals surface area (Å²) in [5, 5.41) is 4.39. The summed E-state index contributed by atoms with van der Waals surface area (Å²) < 4.78 is 71.0. The molecule has 3 aromatic carbocycles. The van der Waals surface area contributed by atoms with E-state index in [0.717, 1.165) is 39.8 Å². The van der Waals surface area contributed by atoms with E-state index in [1.165, 1.54) is 0 Å². The zero-order valence-electron chi connectivity index (χ0n) is 17.0. The Morgan fingerprint density at radius 3 is 2.12 bits per heavy atom. The van der Waals surface area contributed by atoms with Crippen molar-refractivity contribution in [1.82, 2.24) is 4.41 Å². The molecular formula is C23H19F3N2O3S. The molecule has 1 aliphatic heterocycles. The summed E-state index contributed by atoms with van der Waals surface area (Å²) in [5.41, 5.74) is 1.24. The Hall–Kier alpha value is -3.33. The summed E-state index contributed by atoms with van der Waals surface area (Å²) in [6.07, 6.45) is -4.55. The topological polar surface area (TPSA) is 59.0 Å². The maximum absolute atomic E-state index is 13.2. The Morgan fingerprint density at radius 1 is 0.938 bits per heavy atom. The van der Waals surface area contributed by atoms with Gasteiger partial charge in [0.25, 0.3) is 10.0 Å². The Balaban J connectivity index is 1.73. The van der Waals surface area contributed by atoms with Crippen LogP contribution in [0.5, 0.6) is 5.75 Å². The van der Waals surface area contributed by atoms with Crippen molar-refractivity contribution in [2.75, 3.05) is 13.7 Å². The van der Waals surface area contributed by atoms with Crippen LogP contribution in [-0.2, 0) is 16.2 Å². The minimum absolute atomic E-state index is 0.0364. The Labute approximate surface area is 183 Å². The highest BCUT2D eigenvalue weighted by atomic mass is 32.2. The SMILES string of the molecule is COc1ccc(C2=NN(S(=O)(=O)c3ccc(C(F)(F)F)cc3)CC2c2ccccc2)cc1. The molecule has 5 nitrogen and oxygen atoms in total. The first-order valence-corrected chi connectivity index (χ1v) is 11.1. The fourth-order valence-electron chi connectivity index (χ4n) is 3.53. The van der Waals surface area contributed by atoms with Gasteiger partial charge in [-0.3, -0.25) is 0 Å². The highest BCUT2D eigenvalue weighted by molar-refractivity contribution is 7.89. The molecule has 0 spiro atoms. The van der Waals surface area contributed by atoms with E-state index < -0.39 is 21.8 Å². The fourth-order valence-corrected chi connectivity index (χ4v) is 4.80. The van der Waals surface area contributed by atoms with E-state index in [2.05, 4.69) is 5.10 Å². The van der Waals surface area contributed by atoms with E-state index in [1.54, 1.807) is 31.4 Å². The molecule has 32 heavy (non-hydrogen) atoms. The van der Waals surface area contributed by atoms with Gasteiger partial charge in [0.2, 0.25) is 0 Å². The van der Waals surface area contributed by atoms with Crippen molar-refractivity contribution in [3.8, 4) is 5.75 Å². The Bertz CT molecular complexity index is 1220. The second kappa shape index (κ2) is 8.31. The number of hydrogen-bond acceptors (Lipinski definition) is 4. The first-order valence-electron chi connectivity index (χ1n) is 9.68. The maximum Gasteiger partial charge on any atom is 0.416 e. The number of hydrogen-bond donors (Lipinski definition) is 0. The van der Waals surface area contributed by atoms with Gasteiger partial charge in [0.15, 0.2) is 0 Å². The van der Waals surface area contributed by atoms with Gasteiger partial charge in [-0.1, -0.05) is 30.3 Å². The lowest BCUT2D eigenvalue weighted by Crippen LogP contribution is -2.26. The number of benzene rings is 3. The molecule has 0 saturated heterocycles. The van der Waals surface area contributed by atoms with Crippen molar-refractivity contribution >= 4 is 15.7 Å². The van der Waals surface area contributed by atoms with Crippen molar-refractivity contribution in [1.29, 1.82) is 0 Å². The maximum atomic E-state index is 13.2. The average Bonchev–Trinajstić information content (AvgIpc) is 3.26. The van der Waals surface area contributed by atoms with Crippen molar-refractivity contribution < 1.29 is 26.3 Å². The molecule has 166 valence electrons. The predicted molar refractivity (Wildman–Crippen MR) is 114 cm³/mol. The molecule has 0 amide bonds. The van der Waals surface area contributed by atoms with Crippen LogP contribution in [0.1, 0.15) is 22.6 Å². The number of ether oxygens (including phenoxy) is 1. The van der Waals surface area contributed by atoms with Gasteiger partial charge in [0.05, 0.1) is 29.8 Å². The van der Waals surface area contributed by atoms with Crippen LogP contribution in [0.3, 0.4) is 0 Å². The van der Waals surface area contributed by atoms with Crippen LogP contribution in [0.25, 0.3) is 0 Å². The third-order valence-electron chi connectivity index (χ3n) is 5.23. The third kappa shape index (κ3) is 4.20. The second-order valence-electron chi connectivity index (χ2n) is 7.21. The summed E-state index contributed by atoms with van der Waals surface area (Å²) in [5.74, 6) is 0.312. The lowest BCUT2D eigenvalue weighted by molar-refractivity contribution is -0.137. The molecule has 0 radical (unpaired) electrons. The minimum Gasteiger partial charge on any atom is -0.497 e. The van der Waals surface area contributed by atoms with Crippen LogP contribution < -0.4 is 4.74 Å². The zero-order valence-corrected chi connectivity index (χ0v) is 17.8. The third-order valence-corrected chi connectivity index (χ3v) is 6.89. The average molecular weight is 460 g/mol.